The Balaban J connectivity index is 2.00. The van der Waals surface area contributed by atoms with E-state index in [4.69, 9.17) is 4.52 Å². The van der Waals surface area contributed by atoms with E-state index >= 15 is 0 Å². The lowest BCUT2D eigenvalue weighted by Gasteiger charge is -2.16. The van der Waals surface area contributed by atoms with Crippen molar-refractivity contribution in [2.75, 3.05) is 12.4 Å². The third-order valence-electron chi connectivity index (χ3n) is 3.30. The molecule has 1 N–H and O–H groups in total. The lowest BCUT2D eigenvalue weighted by atomic mass is 9.89. The van der Waals surface area contributed by atoms with Crippen molar-refractivity contribution in [1.82, 2.24) is 5.16 Å². The molecular weight excluding hydrogens is 188 g/mol. The number of hydrogen-bond donors (Lipinski definition) is 1. The first kappa shape index (κ1) is 10.5. The number of hydrogen-bond acceptors (Lipinski definition) is 3. The molecule has 0 aromatic carbocycles. The maximum atomic E-state index is 5.18. The maximum absolute atomic E-state index is 5.18. The lowest BCUT2D eigenvalue weighted by Crippen LogP contribution is -2.02. The summed E-state index contributed by atoms with van der Waals surface area (Å²) in [4.78, 5) is 0. The maximum Gasteiger partial charge on any atom is 0.224 e. The van der Waals surface area contributed by atoms with Crippen LogP contribution in [-0.4, -0.2) is 12.2 Å². The van der Waals surface area contributed by atoms with E-state index in [1.54, 1.807) is 0 Å². The highest BCUT2D eigenvalue weighted by Crippen LogP contribution is 2.31. The molecule has 1 aliphatic carbocycles. The average molecular weight is 208 g/mol. The molecule has 0 spiro atoms. The average Bonchev–Trinajstić information content (AvgIpc) is 2.65. The molecule has 0 radical (unpaired) electrons. The number of anilines is 1. The second-order valence-corrected chi connectivity index (χ2v) is 4.41. The minimum atomic E-state index is 0.621. The summed E-state index contributed by atoms with van der Waals surface area (Å²) in [6.45, 7) is 0. The number of rotatable bonds is 2. The van der Waals surface area contributed by atoms with E-state index in [0.29, 0.717) is 5.92 Å². The molecule has 1 heterocycles. The summed E-state index contributed by atoms with van der Waals surface area (Å²) in [6.07, 6.45) is 9.40. The zero-order chi connectivity index (χ0) is 10.5. The molecule has 0 bridgehead atoms. The Kier molecular flexibility index (Phi) is 3.64. The van der Waals surface area contributed by atoms with Crippen molar-refractivity contribution in [2.24, 2.45) is 0 Å². The van der Waals surface area contributed by atoms with Gasteiger partial charge in [0.25, 0.3) is 0 Å². The first-order chi connectivity index (χ1) is 7.40. The second kappa shape index (κ2) is 5.19. The quantitative estimate of drug-likeness (QED) is 0.807. The van der Waals surface area contributed by atoms with Crippen LogP contribution in [0.5, 0.6) is 0 Å². The Morgan fingerprint density at radius 2 is 1.87 bits per heavy atom. The number of nitrogens with zero attached hydrogens (tertiary/aromatic N) is 1. The normalized spacial score (nSPS) is 19.5. The van der Waals surface area contributed by atoms with E-state index in [0.717, 1.165) is 11.6 Å². The first-order valence-corrected chi connectivity index (χ1v) is 6.04. The van der Waals surface area contributed by atoms with E-state index in [1.807, 2.05) is 13.1 Å². The lowest BCUT2D eigenvalue weighted by molar-refractivity contribution is 0.394. The van der Waals surface area contributed by atoms with Crippen molar-refractivity contribution in [3.05, 3.63) is 11.8 Å². The molecule has 3 heteroatoms. The fourth-order valence-corrected chi connectivity index (χ4v) is 2.35. The van der Waals surface area contributed by atoms with Crippen molar-refractivity contribution in [1.29, 1.82) is 0 Å². The summed E-state index contributed by atoms with van der Waals surface area (Å²) in [6, 6.07) is 2.05. The molecule has 3 nitrogen and oxygen atoms in total. The zero-order valence-corrected chi connectivity index (χ0v) is 9.46. The van der Waals surface area contributed by atoms with Gasteiger partial charge in [0.1, 0.15) is 0 Å². The molecule has 1 aromatic rings. The van der Waals surface area contributed by atoms with Crippen LogP contribution in [0.25, 0.3) is 0 Å². The summed E-state index contributed by atoms with van der Waals surface area (Å²) >= 11 is 0. The summed E-state index contributed by atoms with van der Waals surface area (Å²) in [7, 11) is 1.86. The fraction of sp³-hybridized carbons (Fsp3) is 0.750. The third kappa shape index (κ3) is 2.74. The molecule has 0 unspecified atom stereocenters. The Morgan fingerprint density at radius 3 is 2.47 bits per heavy atom. The fourth-order valence-electron chi connectivity index (χ4n) is 2.35. The van der Waals surface area contributed by atoms with Crippen LogP contribution in [0.3, 0.4) is 0 Å². The van der Waals surface area contributed by atoms with E-state index in [1.165, 1.54) is 44.9 Å². The van der Waals surface area contributed by atoms with E-state index < -0.39 is 0 Å². The molecule has 1 saturated carbocycles. The molecule has 1 aromatic heterocycles. The predicted octanol–water partition coefficient (Wildman–Crippen LogP) is 3.54. The minimum Gasteiger partial charge on any atom is -0.357 e. The molecule has 0 atom stereocenters. The highest BCUT2D eigenvalue weighted by Gasteiger charge is 2.17. The standard InChI is InChI=1S/C12H20N2O/c1-13-12-9-11(14-15-12)10-7-5-3-2-4-6-8-10/h9-10,13H,2-8H2,1H3. The van der Waals surface area contributed by atoms with Gasteiger partial charge in [-0.3, -0.25) is 0 Å². The highest BCUT2D eigenvalue weighted by molar-refractivity contribution is 5.31. The van der Waals surface area contributed by atoms with Gasteiger partial charge in [-0.15, -0.1) is 0 Å². The molecule has 1 fully saturated rings. The van der Waals surface area contributed by atoms with Crippen LogP contribution in [-0.2, 0) is 0 Å². The topological polar surface area (TPSA) is 38.1 Å². The summed E-state index contributed by atoms with van der Waals surface area (Å²) in [5.74, 6) is 1.41. The van der Waals surface area contributed by atoms with Crippen molar-refractivity contribution in [3.63, 3.8) is 0 Å². The summed E-state index contributed by atoms with van der Waals surface area (Å²) in [5.41, 5.74) is 1.14. The van der Waals surface area contributed by atoms with Crippen molar-refractivity contribution in [2.45, 2.75) is 50.9 Å². The predicted molar refractivity (Wildman–Crippen MR) is 61.1 cm³/mol. The SMILES string of the molecule is CNc1cc(C2CCCCCCC2)no1. The van der Waals surface area contributed by atoms with Crippen molar-refractivity contribution in [3.8, 4) is 0 Å². The van der Waals surface area contributed by atoms with E-state index in [-0.39, 0.29) is 0 Å². The summed E-state index contributed by atoms with van der Waals surface area (Å²) in [5, 5.41) is 7.13. The summed E-state index contributed by atoms with van der Waals surface area (Å²) < 4.78 is 5.18. The Hall–Kier alpha value is -0.990. The van der Waals surface area contributed by atoms with Crippen LogP contribution < -0.4 is 5.32 Å². The van der Waals surface area contributed by atoms with Gasteiger partial charge in [0.2, 0.25) is 5.88 Å². The molecule has 0 aliphatic heterocycles. The van der Waals surface area contributed by atoms with Gasteiger partial charge in [-0.2, -0.15) is 0 Å². The molecule has 84 valence electrons. The van der Waals surface area contributed by atoms with Gasteiger partial charge in [-0.25, -0.2) is 0 Å². The highest BCUT2D eigenvalue weighted by atomic mass is 16.5. The Morgan fingerprint density at radius 1 is 1.20 bits per heavy atom. The van der Waals surface area contributed by atoms with Crippen LogP contribution in [0.2, 0.25) is 0 Å². The van der Waals surface area contributed by atoms with Crippen LogP contribution in [0.15, 0.2) is 10.6 Å². The van der Waals surface area contributed by atoms with Gasteiger partial charge >= 0.3 is 0 Å². The van der Waals surface area contributed by atoms with Gasteiger partial charge in [0.15, 0.2) is 0 Å². The Labute approximate surface area is 91.2 Å². The molecule has 0 saturated heterocycles. The van der Waals surface area contributed by atoms with Crippen LogP contribution in [0.4, 0.5) is 5.88 Å². The van der Waals surface area contributed by atoms with Gasteiger partial charge in [0.05, 0.1) is 5.69 Å². The van der Waals surface area contributed by atoms with E-state index in [9.17, 15) is 0 Å². The smallest absolute Gasteiger partial charge is 0.224 e. The van der Waals surface area contributed by atoms with Crippen molar-refractivity contribution >= 4 is 5.88 Å². The van der Waals surface area contributed by atoms with Crippen LogP contribution in [0, 0.1) is 0 Å². The van der Waals surface area contributed by atoms with Crippen LogP contribution >= 0.6 is 0 Å². The molecule has 0 amide bonds. The van der Waals surface area contributed by atoms with Gasteiger partial charge in [0, 0.05) is 19.0 Å². The molecular formula is C12H20N2O. The molecule has 15 heavy (non-hydrogen) atoms. The third-order valence-corrected chi connectivity index (χ3v) is 3.30. The minimum absolute atomic E-state index is 0.621. The largest absolute Gasteiger partial charge is 0.357 e. The molecule has 2 rings (SSSR count). The van der Waals surface area contributed by atoms with Gasteiger partial charge < -0.3 is 9.84 Å². The van der Waals surface area contributed by atoms with E-state index in [2.05, 4.69) is 10.5 Å². The molecule has 1 aliphatic rings. The zero-order valence-electron chi connectivity index (χ0n) is 9.46. The second-order valence-electron chi connectivity index (χ2n) is 4.41. The van der Waals surface area contributed by atoms with Crippen LogP contribution in [0.1, 0.15) is 56.6 Å². The first-order valence-electron chi connectivity index (χ1n) is 6.04. The number of nitrogens with one attached hydrogen (secondary N) is 1. The van der Waals surface area contributed by atoms with Gasteiger partial charge in [-0.05, 0) is 12.8 Å². The Bertz CT molecular complexity index is 288. The van der Waals surface area contributed by atoms with Crippen molar-refractivity contribution < 1.29 is 4.52 Å². The van der Waals surface area contributed by atoms with Gasteiger partial charge in [-0.1, -0.05) is 37.3 Å². The number of aromatic nitrogens is 1. The monoisotopic (exact) mass is 208 g/mol.